The first-order valence-corrected chi connectivity index (χ1v) is 7.67. The Kier molecular flexibility index (Phi) is 4.68. The number of nitrogens with zero attached hydrogens (tertiary/aromatic N) is 2. The minimum Gasteiger partial charge on any atom is -0.366 e. The van der Waals surface area contributed by atoms with E-state index in [1.54, 1.807) is 19.1 Å². The fourth-order valence-corrected chi connectivity index (χ4v) is 2.69. The normalized spacial score (nSPS) is 20.7. The molecule has 2 heterocycles. The molecule has 1 amide bonds. The highest BCUT2D eigenvalue weighted by Crippen LogP contribution is 2.31. The van der Waals surface area contributed by atoms with Crippen molar-refractivity contribution in [2.24, 2.45) is 5.73 Å². The molecule has 3 N–H and O–H groups in total. The van der Waals surface area contributed by atoms with Gasteiger partial charge in [0.2, 0.25) is 5.91 Å². The Morgan fingerprint density at radius 3 is 3.04 bits per heavy atom. The first kappa shape index (κ1) is 15.6. The van der Waals surface area contributed by atoms with E-state index in [9.17, 15) is 4.79 Å². The van der Waals surface area contributed by atoms with Gasteiger partial charge >= 0.3 is 0 Å². The lowest BCUT2D eigenvalue weighted by atomic mass is 10.1. The molecule has 0 unspecified atom stereocenters. The van der Waals surface area contributed by atoms with Crippen LogP contribution in [-0.4, -0.2) is 28.7 Å². The standard InChI is InChI=1S/C16H20N4O3/c1-10-19-16(23-20-10)14-6-5-13(22-14)9-18-8-11-3-2-4-12(7-11)15(17)21/h2-4,7,13-14,18H,5-6,8-9H2,1H3,(H2,17,21)/t13-,14+/m1/s1. The lowest BCUT2D eigenvalue weighted by Crippen LogP contribution is -2.26. The zero-order valence-electron chi connectivity index (χ0n) is 13.0. The Hall–Kier alpha value is -2.25. The van der Waals surface area contributed by atoms with Crippen molar-refractivity contribution < 1.29 is 14.1 Å². The van der Waals surface area contributed by atoms with Crippen LogP contribution in [0.3, 0.4) is 0 Å². The molecule has 0 bridgehead atoms. The maximum Gasteiger partial charge on any atom is 0.255 e. The van der Waals surface area contributed by atoms with Crippen molar-refractivity contribution >= 4 is 5.91 Å². The fraction of sp³-hybridized carbons (Fsp3) is 0.438. The second-order valence-electron chi connectivity index (χ2n) is 5.70. The number of rotatable bonds is 6. The van der Waals surface area contributed by atoms with Crippen LogP contribution >= 0.6 is 0 Å². The maximum absolute atomic E-state index is 11.2. The predicted octanol–water partition coefficient (Wildman–Crippen LogP) is 1.49. The molecule has 2 aromatic rings. The monoisotopic (exact) mass is 316 g/mol. The summed E-state index contributed by atoms with van der Waals surface area (Å²) in [6, 6.07) is 7.30. The Bertz CT molecular complexity index is 685. The number of hydrogen-bond donors (Lipinski definition) is 2. The number of carbonyl (C=O) groups is 1. The number of amides is 1. The maximum atomic E-state index is 11.2. The molecule has 0 spiro atoms. The lowest BCUT2D eigenvalue weighted by Gasteiger charge is -2.12. The minimum atomic E-state index is -0.413. The lowest BCUT2D eigenvalue weighted by molar-refractivity contribution is 0.0264. The molecule has 7 heteroatoms. The smallest absolute Gasteiger partial charge is 0.255 e. The van der Waals surface area contributed by atoms with Gasteiger partial charge in [0.05, 0.1) is 6.10 Å². The topological polar surface area (TPSA) is 103 Å². The number of ether oxygens (including phenoxy) is 1. The van der Waals surface area contributed by atoms with Gasteiger partial charge in [-0.3, -0.25) is 4.79 Å². The molecule has 7 nitrogen and oxygen atoms in total. The molecule has 1 aromatic carbocycles. The first-order chi connectivity index (χ1) is 11.1. The van der Waals surface area contributed by atoms with Crippen molar-refractivity contribution in [1.82, 2.24) is 15.5 Å². The number of benzene rings is 1. The van der Waals surface area contributed by atoms with E-state index in [0.29, 0.717) is 23.8 Å². The molecule has 0 aliphatic carbocycles. The van der Waals surface area contributed by atoms with Gasteiger partial charge in [0, 0.05) is 18.7 Å². The number of primary amides is 1. The van der Waals surface area contributed by atoms with Crippen LogP contribution in [0.4, 0.5) is 0 Å². The van der Waals surface area contributed by atoms with Crippen LogP contribution in [0.2, 0.25) is 0 Å². The second kappa shape index (κ2) is 6.89. The highest BCUT2D eigenvalue weighted by Gasteiger charge is 2.30. The highest BCUT2D eigenvalue weighted by molar-refractivity contribution is 5.92. The number of aryl methyl sites for hydroxylation is 1. The van der Waals surface area contributed by atoms with Crippen molar-refractivity contribution in [3.63, 3.8) is 0 Å². The van der Waals surface area contributed by atoms with E-state index in [4.69, 9.17) is 15.0 Å². The van der Waals surface area contributed by atoms with E-state index in [1.165, 1.54) is 0 Å². The number of hydrogen-bond acceptors (Lipinski definition) is 6. The molecule has 1 aliphatic rings. The molecule has 1 aliphatic heterocycles. The molecular weight excluding hydrogens is 296 g/mol. The van der Waals surface area contributed by atoms with Crippen molar-refractivity contribution in [2.45, 2.75) is 38.5 Å². The van der Waals surface area contributed by atoms with Gasteiger partial charge in [0.25, 0.3) is 5.89 Å². The van der Waals surface area contributed by atoms with Crippen LogP contribution in [0.25, 0.3) is 0 Å². The molecule has 23 heavy (non-hydrogen) atoms. The van der Waals surface area contributed by atoms with Crippen LogP contribution in [0.5, 0.6) is 0 Å². The molecule has 3 rings (SSSR count). The van der Waals surface area contributed by atoms with E-state index in [2.05, 4.69) is 15.5 Å². The molecule has 0 radical (unpaired) electrons. The molecule has 2 atom stereocenters. The van der Waals surface area contributed by atoms with Gasteiger partial charge in [-0.25, -0.2) is 0 Å². The first-order valence-electron chi connectivity index (χ1n) is 7.67. The Labute approximate surface area is 134 Å². The number of aromatic nitrogens is 2. The van der Waals surface area contributed by atoms with Gasteiger partial charge < -0.3 is 20.3 Å². The van der Waals surface area contributed by atoms with Gasteiger partial charge in [0.1, 0.15) is 6.10 Å². The Morgan fingerprint density at radius 2 is 2.30 bits per heavy atom. The molecule has 1 aromatic heterocycles. The predicted molar refractivity (Wildman–Crippen MR) is 82.5 cm³/mol. The zero-order chi connectivity index (χ0) is 16.2. The quantitative estimate of drug-likeness (QED) is 0.837. The second-order valence-corrected chi connectivity index (χ2v) is 5.70. The third kappa shape index (κ3) is 3.94. The molecule has 1 saturated heterocycles. The highest BCUT2D eigenvalue weighted by atomic mass is 16.5. The van der Waals surface area contributed by atoms with Crippen molar-refractivity contribution in [2.75, 3.05) is 6.54 Å². The van der Waals surface area contributed by atoms with Crippen LogP contribution in [0.1, 0.15) is 46.6 Å². The van der Waals surface area contributed by atoms with Crippen molar-refractivity contribution in [3.8, 4) is 0 Å². The summed E-state index contributed by atoms with van der Waals surface area (Å²) < 4.78 is 11.1. The summed E-state index contributed by atoms with van der Waals surface area (Å²) in [5, 5.41) is 7.13. The Morgan fingerprint density at radius 1 is 1.43 bits per heavy atom. The summed E-state index contributed by atoms with van der Waals surface area (Å²) in [5.41, 5.74) is 6.82. The van der Waals surface area contributed by atoms with Crippen LogP contribution < -0.4 is 11.1 Å². The van der Waals surface area contributed by atoms with Gasteiger partial charge in [-0.15, -0.1) is 0 Å². The molecule has 1 fully saturated rings. The van der Waals surface area contributed by atoms with Crippen molar-refractivity contribution in [3.05, 3.63) is 47.1 Å². The van der Waals surface area contributed by atoms with E-state index < -0.39 is 5.91 Å². The van der Waals surface area contributed by atoms with E-state index in [-0.39, 0.29) is 12.2 Å². The average molecular weight is 316 g/mol. The third-order valence-electron chi connectivity index (χ3n) is 3.84. The number of nitrogens with two attached hydrogens (primary N) is 1. The van der Waals surface area contributed by atoms with Crippen molar-refractivity contribution in [1.29, 1.82) is 0 Å². The molecule has 0 saturated carbocycles. The number of nitrogens with one attached hydrogen (secondary N) is 1. The van der Waals surface area contributed by atoms with E-state index in [0.717, 1.165) is 24.9 Å². The molecule has 122 valence electrons. The third-order valence-corrected chi connectivity index (χ3v) is 3.84. The molecular formula is C16H20N4O3. The summed E-state index contributed by atoms with van der Waals surface area (Å²) in [5.74, 6) is 0.766. The SMILES string of the molecule is Cc1noc([C@@H]2CC[C@H](CNCc3cccc(C(N)=O)c3)O2)n1. The van der Waals surface area contributed by atoms with Crippen LogP contribution in [0, 0.1) is 6.92 Å². The summed E-state index contributed by atoms with van der Waals surface area (Å²) in [4.78, 5) is 15.4. The van der Waals surface area contributed by atoms with Crippen LogP contribution in [0.15, 0.2) is 28.8 Å². The van der Waals surface area contributed by atoms with Gasteiger partial charge in [-0.1, -0.05) is 17.3 Å². The number of carbonyl (C=O) groups excluding carboxylic acids is 1. The summed E-state index contributed by atoms with van der Waals surface area (Å²) >= 11 is 0. The summed E-state index contributed by atoms with van der Waals surface area (Å²) in [7, 11) is 0. The minimum absolute atomic E-state index is 0.110. The summed E-state index contributed by atoms with van der Waals surface area (Å²) in [6.07, 6.45) is 1.83. The Balaban J connectivity index is 1.46. The largest absolute Gasteiger partial charge is 0.366 e. The van der Waals surface area contributed by atoms with Gasteiger partial charge in [-0.2, -0.15) is 4.98 Å². The van der Waals surface area contributed by atoms with Crippen LogP contribution in [-0.2, 0) is 11.3 Å². The summed E-state index contributed by atoms with van der Waals surface area (Å²) in [6.45, 7) is 3.18. The van der Waals surface area contributed by atoms with E-state index >= 15 is 0 Å². The van der Waals surface area contributed by atoms with Gasteiger partial charge in [0.15, 0.2) is 5.82 Å². The fourth-order valence-electron chi connectivity index (χ4n) is 2.69. The average Bonchev–Trinajstić information content (AvgIpc) is 3.16. The van der Waals surface area contributed by atoms with Gasteiger partial charge in [-0.05, 0) is 37.5 Å². The zero-order valence-corrected chi connectivity index (χ0v) is 13.0. The van der Waals surface area contributed by atoms with E-state index in [1.807, 2.05) is 12.1 Å².